The summed E-state index contributed by atoms with van der Waals surface area (Å²) in [6.07, 6.45) is -2.48. The first-order valence-corrected chi connectivity index (χ1v) is 17.0. The number of hydrogen-bond donors (Lipinski definition) is 1. The number of nitrogens with zero attached hydrogens (tertiary/aromatic N) is 4. The van der Waals surface area contributed by atoms with E-state index in [0.29, 0.717) is 29.0 Å². The number of benzene rings is 4. The van der Waals surface area contributed by atoms with Gasteiger partial charge in [0.05, 0.1) is 54.7 Å². The number of pyridine rings is 1. The number of aromatic nitrogens is 3. The SMILES string of the molecule is COc1cc2c(Oc3ccc(NC(=O)c4nc5ccccc5n(-c5ccccc5C(F)(F)F)c4=O)cc3F)ccnc2cc1OCCCN1CCOCC1. The van der Waals surface area contributed by atoms with Crippen molar-refractivity contribution in [3.63, 3.8) is 0 Å². The summed E-state index contributed by atoms with van der Waals surface area (Å²) < 4.78 is 81.2. The van der Waals surface area contributed by atoms with Crippen molar-refractivity contribution >= 4 is 33.5 Å². The fourth-order valence-electron chi connectivity index (χ4n) is 6.18. The highest BCUT2D eigenvalue weighted by molar-refractivity contribution is 6.03. The third-order valence-electron chi connectivity index (χ3n) is 8.80. The normalized spacial score (nSPS) is 13.6. The van der Waals surface area contributed by atoms with Gasteiger partial charge in [-0.05, 0) is 55.0 Å². The largest absolute Gasteiger partial charge is 0.493 e. The van der Waals surface area contributed by atoms with Crippen molar-refractivity contribution in [3.05, 3.63) is 119 Å². The van der Waals surface area contributed by atoms with E-state index < -0.39 is 40.4 Å². The molecule has 0 unspecified atom stereocenters. The third-order valence-corrected chi connectivity index (χ3v) is 8.80. The molecule has 1 saturated heterocycles. The van der Waals surface area contributed by atoms with Crippen LogP contribution in [0.15, 0.2) is 95.9 Å². The molecule has 0 atom stereocenters. The maximum atomic E-state index is 15.5. The van der Waals surface area contributed by atoms with Gasteiger partial charge in [-0.15, -0.1) is 0 Å². The van der Waals surface area contributed by atoms with Gasteiger partial charge in [0.15, 0.2) is 28.8 Å². The van der Waals surface area contributed by atoms with Crippen molar-refractivity contribution < 1.29 is 41.3 Å². The number of halogens is 4. The summed E-state index contributed by atoms with van der Waals surface area (Å²) in [7, 11) is 1.51. The monoisotopic (exact) mass is 743 g/mol. The van der Waals surface area contributed by atoms with Crippen LogP contribution in [0.2, 0.25) is 0 Å². The average molecular weight is 744 g/mol. The standard InChI is InChI=1S/C39H33F4N5O6/c1-51-34-22-25-29(23-35(34)53-18-6-15-47-16-19-52-20-17-47)44-14-13-32(25)54-33-12-11-24(21-27(33)40)45-37(49)36-38(50)48(31-10-5-3-8-28(31)46-36)30-9-4-2-7-26(30)39(41,42)43/h2-5,7-14,21-23H,6,15-20H2,1H3,(H,45,49). The highest BCUT2D eigenvalue weighted by Gasteiger charge is 2.35. The lowest BCUT2D eigenvalue weighted by Crippen LogP contribution is -2.37. The second kappa shape index (κ2) is 15.5. The minimum absolute atomic E-state index is 0.0573. The average Bonchev–Trinajstić information content (AvgIpc) is 3.17. The molecular formula is C39H33F4N5O6. The summed E-state index contributed by atoms with van der Waals surface area (Å²) in [5.74, 6) is -0.879. The number of ether oxygens (including phenoxy) is 4. The Labute approximate surface area is 305 Å². The molecule has 54 heavy (non-hydrogen) atoms. The highest BCUT2D eigenvalue weighted by atomic mass is 19.4. The molecule has 1 fully saturated rings. The van der Waals surface area contributed by atoms with E-state index in [4.69, 9.17) is 18.9 Å². The Kier molecular flexibility index (Phi) is 10.4. The molecule has 2 aromatic heterocycles. The number of morpholine rings is 1. The van der Waals surface area contributed by atoms with Crippen LogP contribution in [0.3, 0.4) is 0 Å². The number of rotatable bonds is 11. The zero-order chi connectivity index (χ0) is 37.8. The maximum absolute atomic E-state index is 15.5. The van der Waals surface area contributed by atoms with Gasteiger partial charge in [-0.3, -0.25) is 24.0 Å². The highest BCUT2D eigenvalue weighted by Crippen LogP contribution is 2.38. The van der Waals surface area contributed by atoms with Gasteiger partial charge >= 0.3 is 6.18 Å². The summed E-state index contributed by atoms with van der Waals surface area (Å²) in [4.78, 5) is 38.0. The number of nitrogens with one attached hydrogen (secondary N) is 1. The number of para-hydroxylation sites is 3. The zero-order valence-electron chi connectivity index (χ0n) is 28.9. The zero-order valence-corrected chi connectivity index (χ0v) is 28.9. The van der Waals surface area contributed by atoms with Crippen LogP contribution in [-0.4, -0.2) is 71.9 Å². The van der Waals surface area contributed by atoms with Gasteiger partial charge in [-0.2, -0.15) is 13.2 Å². The molecule has 11 nitrogen and oxygen atoms in total. The molecule has 278 valence electrons. The third kappa shape index (κ3) is 7.68. The molecule has 4 aromatic carbocycles. The minimum Gasteiger partial charge on any atom is -0.493 e. The lowest BCUT2D eigenvalue weighted by molar-refractivity contribution is -0.137. The molecule has 0 aliphatic carbocycles. The van der Waals surface area contributed by atoms with Gasteiger partial charge in [0.1, 0.15) is 5.75 Å². The van der Waals surface area contributed by atoms with Crippen LogP contribution in [0.5, 0.6) is 23.0 Å². The number of fused-ring (bicyclic) bond motifs is 2. The van der Waals surface area contributed by atoms with Crippen LogP contribution in [0.4, 0.5) is 23.2 Å². The van der Waals surface area contributed by atoms with Crippen LogP contribution in [0.1, 0.15) is 22.5 Å². The predicted molar refractivity (Wildman–Crippen MR) is 192 cm³/mol. The smallest absolute Gasteiger partial charge is 0.418 e. The van der Waals surface area contributed by atoms with Gasteiger partial charge in [0.2, 0.25) is 0 Å². The van der Waals surface area contributed by atoms with Crippen LogP contribution in [0.25, 0.3) is 27.6 Å². The molecule has 15 heteroatoms. The van der Waals surface area contributed by atoms with Crippen molar-refractivity contribution in [1.82, 2.24) is 19.4 Å². The number of carbonyl (C=O) groups excluding carboxylic acids is 1. The quantitative estimate of drug-likeness (QED) is 0.108. The fraction of sp³-hybridized carbons (Fsp3) is 0.231. The van der Waals surface area contributed by atoms with Crippen LogP contribution in [-0.2, 0) is 10.9 Å². The Morgan fingerprint density at radius 2 is 1.69 bits per heavy atom. The number of hydrogen-bond acceptors (Lipinski definition) is 9. The molecule has 0 spiro atoms. The molecule has 0 radical (unpaired) electrons. The van der Waals surface area contributed by atoms with Gasteiger partial charge in [0, 0.05) is 49.0 Å². The first-order chi connectivity index (χ1) is 26.1. The van der Waals surface area contributed by atoms with Crippen LogP contribution in [0, 0.1) is 5.82 Å². The summed E-state index contributed by atoms with van der Waals surface area (Å²) in [6, 6.07) is 19.1. The minimum atomic E-state index is -4.79. The maximum Gasteiger partial charge on any atom is 0.418 e. The number of carbonyl (C=O) groups is 1. The van der Waals surface area contributed by atoms with E-state index in [9.17, 15) is 22.8 Å². The summed E-state index contributed by atoms with van der Waals surface area (Å²) in [5, 5.41) is 2.95. The Hall–Kier alpha value is -6.06. The van der Waals surface area contributed by atoms with Gasteiger partial charge in [-0.25, -0.2) is 9.37 Å². The number of anilines is 1. The van der Waals surface area contributed by atoms with Crippen molar-refractivity contribution in [2.24, 2.45) is 0 Å². The topological polar surface area (TPSA) is 117 Å². The summed E-state index contributed by atoms with van der Waals surface area (Å²) in [5.41, 5.74) is -2.71. The van der Waals surface area contributed by atoms with Crippen LogP contribution < -0.4 is 25.1 Å². The summed E-state index contributed by atoms with van der Waals surface area (Å²) >= 11 is 0. The Morgan fingerprint density at radius 1 is 0.907 bits per heavy atom. The molecule has 1 amide bonds. The van der Waals surface area contributed by atoms with Crippen molar-refractivity contribution in [3.8, 4) is 28.7 Å². The Balaban J connectivity index is 1.10. The molecule has 1 aliphatic heterocycles. The summed E-state index contributed by atoms with van der Waals surface area (Å²) in [6.45, 7) is 4.57. The van der Waals surface area contributed by atoms with Crippen molar-refractivity contribution in [2.75, 3.05) is 51.9 Å². The van der Waals surface area contributed by atoms with Crippen molar-refractivity contribution in [2.45, 2.75) is 12.6 Å². The molecule has 0 bridgehead atoms. The predicted octanol–water partition coefficient (Wildman–Crippen LogP) is 7.25. The second-order valence-electron chi connectivity index (χ2n) is 12.3. The van der Waals surface area contributed by atoms with Gasteiger partial charge < -0.3 is 24.3 Å². The lowest BCUT2D eigenvalue weighted by Gasteiger charge is -2.26. The van der Waals surface area contributed by atoms with Crippen LogP contribution >= 0.6 is 0 Å². The van der Waals surface area contributed by atoms with Gasteiger partial charge in [-0.1, -0.05) is 24.3 Å². The molecule has 3 heterocycles. The van der Waals surface area contributed by atoms with E-state index in [1.165, 1.54) is 55.8 Å². The molecule has 1 N–H and O–H groups in total. The van der Waals surface area contributed by atoms with E-state index in [0.717, 1.165) is 62.0 Å². The van der Waals surface area contributed by atoms with Gasteiger partial charge in [0.25, 0.3) is 11.5 Å². The number of methoxy groups -OCH3 is 1. The van der Waals surface area contributed by atoms with E-state index in [1.807, 2.05) is 0 Å². The van der Waals surface area contributed by atoms with E-state index >= 15 is 4.39 Å². The lowest BCUT2D eigenvalue weighted by atomic mass is 10.1. The van der Waals surface area contributed by atoms with Crippen molar-refractivity contribution in [1.29, 1.82) is 0 Å². The fourth-order valence-corrected chi connectivity index (χ4v) is 6.18. The Morgan fingerprint density at radius 3 is 2.46 bits per heavy atom. The number of amides is 1. The van der Waals surface area contributed by atoms with E-state index in [1.54, 1.807) is 24.3 Å². The first kappa shape index (κ1) is 36.3. The molecule has 1 aliphatic rings. The molecular weight excluding hydrogens is 710 g/mol. The molecule has 7 rings (SSSR count). The number of alkyl halides is 3. The van der Waals surface area contributed by atoms with E-state index in [2.05, 4.69) is 20.2 Å². The molecule has 0 saturated carbocycles. The second-order valence-corrected chi connectivity index (χ2v) is 12.3. The molecule has 6 aromatic rings. The first-order valence-electron chi connectivity index (χ1n) is 17.0. The Bertz CT molecular complexity index is 2400. The van der Waals surface area contributed by atoms with E-state index in [-0.39, 0.29) is 28.2 Å².